The van der Waals surface area contributed by atoms with Gasteiger partial charge in [-0.25, -0.2) is 0 Å². The van der Waals surface area contributed by atoms with Gasteiger partial charge in [-0.2, -0.15) is 0 Å². The number of rotatable bonds is 11. The number of aromatic nitrogens is 1. The van der Waals surface area contributed by atoms with Crippen LogP contribution in [0.2, 0.25) is 0 Å². The van der Waals surface area contributed by atoms with Crippen LogP contribution in [0.3, 0.4) is 0 Å². The Balaban J connectivity index is 1.23. The quantitative estimate of drug-likeness (QED) is 0.386. The number of unbranched alkanes of at least 4 members (excludes halogenated alkanes) is 1. The number of aryl methyl sites for hydroxylation is 1. The number of likely N-dealkylation sites (tertiary alicyclic amines) is 1. The highest BCUT2D eigenvalue weighted by molar-refractivity contribution is 5.85. The van der Waals surface area contributed by atoms with Gasteiger partial charge in [0.2, 0.25) is 5.91 Å². The van der Waals surface area contributed by atoms with Gasteiger partial charge in [-0.3, -0.25) is 9.78 Å². The molecule has 0 unspecified atom stereocenters. The van der Waals surface area contributed by atoms with Gasteiger partial charge < -0.3 is 15.0 Å². The predicted octanol–water partition coefficient (Wildman–Crippen LogP) is 6.53. The van der Waals surface area contributed by atoms with Crippen molar-refractivity contribution < 1.29 is 9.53 Å². The molecule has 1 aliphatic heterocycles. The van der Waals surface area contributed by atoms with Crippen molar-refractivity contribution in [2.24, 2.45) is 11.3 Å². The third-order valence-electron chi connectivity index (χ3n) is 8.20. The van der Waals surface area contributed by atoms with E-state index in [1.165, 1.54) is 43.1 Å². The van der Waals surface area contributed by atoms with E-state index in [0.29, 0.717) is 0 Å². The molecule has 5 nitrogen and oxygen atoms in total. The minimum Gasteiger partial charge on any atom is -0.488 e. The van der Waals surface area contributed by atoms with Crippen molar-refractivity contribution >= 4 is 16.8 Å². The summed E-state index contributed by atoms with van der Waals surface area (Å²) in [5.41, 5.74) is 2.45. The molecule has 1 aromatic carbocycles. The summed E-state index contributed by atoms with van der Waals surface area (Å²) in [5.74, 6) is 1.47. The molecule has 0 atom stereocenters. The molecule has 0 radical (unpaired) electrons. The average molecular weight is 494 g/mol. The molecular formula is C31H47N3O2. The lowest BCUT2D eigenvalue weighted by Crippen LogP contribution is -2.42. The molecule has 5 heteroatoms. The molecule has 2 heterocycles. The fourth-order valence-corrected chi connectivity index (χ4v) is 5.65. The number of nitrogens with one attached hydrogen (secondary N) is 1. The standard InChI is InChI=1S/C31H47N3O2/c1-4-5-10-24-21-26-13-9-17-32-29(26)28(22-24)36-27-14-18-34(19-15-27)20-16-31(2,3)23-33-30(35)25-11-7-6-8-12-25/h9,13,17,21-22,25,27H,4-8,10-12,14-16,18-20,23H2,1-3H3,(H,33,35). The lowest BCUT2D eigenvalue weighted by molar-refractivity contribution is -0.126. The molecule has 2 aromatic rings. The molecule has 2 aliphatic rings. The highest BCUT2D eigenvalue weighted by atomic mass is 16.5. The van der Waals surface area contributed by atoms with Gasteiger partial charge in [-0.05, 0) is 80.7 Å². The number of carbonyl (C=O) groups is 1. The average Bonchev–Trinajstić information content (AvgIpc) is 2.91. The number of pyridine rings is 1. The van der Waals surface area contributed by atoms with Gasteiger partial charge >= 0.3 is 0 Å². The first kappa shape index (κ1) is 26.9. The normalized spacial score (nSPS) is 18.4. The van der Waals surface area contributed by atoms with Gasteiger partial charge in [0.15, 0.2) is 0 Å². The molecule has 1 amide bonds. The summed E-state index contributed by atoms with van der Waals surface area (Å²) in [4.78, 5) is 19.8. The zero-order valence-corrected chi connectivity index (χ0v) is 22.9. The Labute approximate surface area is 218 Å². The number of ether oxygens (including phenoxy) is 1. The molecule has 2 fully saturated rings. The summed E-state index contributed by atoms with van der Waals surface area (Å²) < 4.78 is 6.57. The molecule has 0 bridgehead atoms. The van der Waals surface area contributed by atoms with E-state index in [2.05, 4.69) is 54.2 Å². The van der Waals surface area contributed by atoms with Crippen LogP contribution in [-0.4, -0.2) is 48.1 Å². The monoisotopic (exact) mass is 493 g/mol. The number of hydrogen-bond acceptors (Lipinski definition) is 4. The van der Waals surface area contributed by atoms with Crippen molar-refractivity contribution in [2.45, 2.75) is 97.5 Å². The number of amides is 1. The van der Waals surface area contributed by atoms with Crippen molar-refractivity contribution in [3.05, 3.63) is 36.0 Å². The lowest BCUT2D eigenvalue weighted by Gasteiger charge is -2.35. The highest BCUT2D eigenvalue weighted by Gasteiger charge is 2.26. The summed E-state index contributed by atoms with van der Waals surface area (Å²) in [5, 5.41) is 4.44. The Morgan fingerprint density at radius 1 is 1.14 bits per heavy atom. The minimum absolute atomic E-state index is 0.112. The maximum absolute atomic E-state index is 12.6. The first-order chi connectivity index (χ1) is 17.4. The van der Waals surface area contributed by atoms with Crippen molar-refractivity contribution in [1.82, 2.24) is 15.2 Å². The molecule has 1 N–H and O–H groups in total. The van der Waals surface area contributed by atoms with E-state index in [0.717, 1.165) is 76.0 Å². The number of piperidine rings is 1. The lowest BCUT2D eigenvalue weighted by atomic mass is 9.86. The maximum Gasteiger partial charge on any atom is 0.223 e. The number of fused-ring (bicyclic) bond motifs is 1. The third kappa shape index (κ3) is 7.68. The van der Waals surface area contributed by atoms with Crippen LogP contribution in [0.25, 0.3) is 10.9 Å². The molecule has 1 saturated heterocycles. The van der Waals surface area contributed by atoms with Crippen LogP contribution in [0, 0.1) is 11.3 Å². The summed E-state index contributed by atoms with van der Waals surface area (Å²) >= 11 is 0. The predicted molar refractivity (Wildman–Crippen MR) is 148 cm³/mol. The van der Waals surface area contributed by atoms with E-state index >= 15 is 0 Å². The number of hydrogen-bond donors (Lipinski definition) is 1. The van der Waals surface area contributed by atoms with Crippen LogP contribution in [0.4, 0.5) is 0 Å². The zero-order valence-electron chi connectivity index (χ0n) is 22.9. The first-order valence-corrected chi connectivity index (χ1v) is 14.5. The van der Waals surface area contributed by atoms with Crippen LogP contribution in [-0.2, 0) is 11.2 Å². The van der Waals surface area contributed by atoms with Crippen LogP contribution in [0.5, 0.6) is 5.75 Å². The van der Waals surface area contributed by atoms with Gasteiger partial charge in [0.25, 0.3) is 0 Å². The van der Waals surface area contributed by atoms with E-state index in [9.17, 15) is 4.79 Å². The topological polar surface area (TPSA) is 54.5 Å². The van der Waals surface area contributed by atoms with Crippen LogP contribution >= 0.6 is 0 Å². The van der Waals surface area contributed by atoms with E-state index in [-0.39, 0.29) is 23.3 Å². The molecule has 1 aliphatic carbocycles. The summed E-state index contributed by atoms with van der Waals surface area (Å²) in [6.45, 7) is 10.8. The van der Waals surface area contributed by atoms with Gasteiger partial charge in [0, 0.05) is 37.1 Å². The highest BCUT2D eigenvalue weighted by Crippen LogP contribution is 2.30. The van der Waals surface area contributed by atoms with Gasteiger partial charge in [0.1, 0.15) is 17.4 Å². The second kappa shape index (κ2) is 12.9. The number of benzene rings is 1. The Kier molecular flexibility index (Phi) is 9.64. The zero-order chi connectivity index (χ0) is 25.4. The molecule has 36 heavy (non-hydrogen) atoms. The Morgan fingerprint density at radius 2 is 1.92 bits per heavy atom. The van der Waals surface area contributed by atoms with E-state index < -0.39 is 0 Å². The van der Waals surface area contributed by atoms with Crippen LogP contribution < -0.4 is 10.1 Å². The van der Waals surface area contributed by atoms with Crippen molar-refractivity contribution in [1.29, 1.82) is 0 Å². The fraction of sp³-hybridized carbons (Fsp3) is 0.677. The molecule has 0 spiro atoms. The molecular weight excluding hydrogens is 446 g/mol. The minimum atomic E-state index is 0.112. The molecule has 1 aromatic heterocycles. The van der Waals surface area contributed by atoms with E-state index in [1.54, 1.807) is 0 Å². The van der Waals surface area contributed by atoms with Crippen molar-refractivity contribution in [3.8, 4) is 5.75 Å². The molecule has 198 valence electrons. The summed E-state index contributed by atoms with van der Waals surface area (Å²) in [7, 11) is 0. The summed E-state index contributed by atoms with van der Waals surface area (Å²) in [6, 6.07) is 8.65. The van der Waals surface area contributed by atoms with Gasteiger partial charge in [-0.1, -0.05) is 52.5 Å². The number of carbonyl (C=O) groups excluding carboxylic acids is 1. The van der Waals surface area contributed by atoms with Gasteiger partial charge in [0.05, 0.1) is 0 Å². The molecule has 1 saturated carbocycles. The Hall–Kier alpha value is -2.14. The van der Waals surface area contributed by atoms with Crippen LogP contribution in [0.15, 0.2) is 30.5 Å². The Morgan fingerprint density at radius 3 is 2.67 bits per heavy atom. The number of nitrogens with zero attached hydrogens (tertiary/aromatic N) is 2. The first-order valence-electron chi connectivity index (χ1n) is 14.5. The maximum atomic E-state index is 12.6. The van der Waals surface area contributed by atoms with E-state index in [1.807, 2.05) is 12.3 Å². The third-order valence-corrected chi connectivity index (χ3v) is 8.20. The van der Waals surface area contributed by atoms with Crippen molar-refractivity contribution in [3.63, 3.8) is 0 Å². The SMILES string of the molecule is CCCCc1cc(OC2CCN(CCC(C)(C)CNC(=O)C3CCCCC3)CC2)c2ncccc2c1. The fourth-order valence-electron chi connectivity index (χ4n) is 5.65. The Bertz CT molecular complexity index is 975. The van der Waals surface area contributed by atoms with E-state index in [4.69, 9.17) is 4.74 Å². The van der Waals surface area contributed by atoms with Gasteiger partial charge in [-0.15, -0.1) is 0 Å². The smallest absolute Gasteiger partial charge is 0.223 e. The largest absolute Gasteiger partial charge is 0.488 e. The second-order valence-electron chi connectivity index (χ2n) is 11.9. The molecule has 4 rings (SSSR count). The summed E-state index contributed by atoms with van der Waals surface area (Å²) in [6.07, 6.45) is 14.6. The van der Waals surface area contributed by atoms with Crippen molar-refractivity contribution in [2.75, 3.05) is 26.2 Å². The van der Waals surface area contributed by atoms with Crippen LogP contribution in [0.1, 0.15) is 90.5 Å². The second-order valence-corrected chi connectivity index (χ2v) is 11.9.